The van der Waals surface area contributed by atoms with Crippen LogP contribution in [-0.2, 0) is 5.41 Å². The Morgan fingerprint density at radius 2 is 0.686 bits per heavy atom. The second-order valence-electron chi connectivity index (χ2n) is 14.7. The first kappa shape index (κ1) is 28.6. The molecule has 0 spiro atoms. The average molecular weight is 647 g/mol. The van der Waals surface area contributed by atoms with E-state index in [4.69, 9.17) is 0 Å². The number of benzene rings is 10. The first-order valence-electron chi connectivity index (χ1n) is 18.0. The Kier molecular flexibility index (Phi) is 5.82. The summed E-state index contributed by atoms with van der Waals surface area (Å²) >= 11 is 0. The summed E-state index contributed by atoms with van der Waals surface area (Å²) in [7, 11) is 0. The zero-order valence-electron chi connectivity index (χ0n) is 28.7. The molecule has 0 atom stereocenters. The number of fused-ring (bicyclic) bond motifs is 13. The minimum Gasteiger partial charge on any atom is -0.0616 e. The van der Waals surface area contributed by atoms with Crippen LogP contribution < -0.4 is 0 Å². The highest BCUT2D eigenvalue weighted by atomic mass is 14.4. The van der Waals surface area contributed by atoms with Crippen molar-refractivity contribution in [3.8, 4) is 33.4 Å². The molecule has 11 rings (SSSR count). The maximum Gasteiger partial charge on any atom is 0.0165 e. The van der Waals surface area contributed by atoms with E-state index in [1.165, 1.54) is 109 Å². The maximum absolute atomic E-state index is 2.56. The highest BCUT2D eigenvalue weighted by Gasteiger charge is 2.40. The fraction of sp³-hybridized carbons (Fsp3) is 0.0588. The maximum atomic E-state index is 2.56. The summed E-state index contributed by atoms with van der Waals surface area (Å²) in [5.41, 5.74) is 10.6. The lowest BCUT2D eigenvalue weighted by atomic mass is 9.77. The van der Waals surface area contributed by atoms with E-state index in [1.54, 1.807) is 0 Å². The summed E-state index contributed by atoms with van der Waals surface area (Å²) in [6.07, 6.45) is 0. The second kappa shape index (κ2) is 10.4. The van der Waals surface area contributed by atoms with Crippen molar-refractivity contribution in [3.05, 3.63) is 181 Å². The molecule has 0 amide bonds. The van der Waals surface area contributed by atoms with Gasteiger partial charge < -0.3 is 0 Å². The van der Waals surface area contributed by atoms with Gasteiger partial charge in [0, 0.05) is 5.41 Å². The van der Waals surface area contributed by atoms with Crippen LogP contribution in [0.5, 0.6) is 0 Å². The van der Waals surface area contributed by atoms with Gasteiger partial charge in [-0.05, 0) is 115 Å². The third-order valence-electron chi connectivity index (χ3n) is 11.8. The lowest BCUT2D eigenvalue weighted by molar-refractivity contribution is 0.667. The Bertz CT molecular complexity index is 3040. The number of hydrogen-bond donors (Lipinski definition) is 0. The van der Waals surface area contributed by atoms with Gasteiger partial charge in [0.05, 0.1) is 0 Å². The molecule has 1 aliphatic rings. The molecular formula is C51H34. The van der Waals surface area contributed by atoms with Crippen LogP contribution in [0.2, 0.25) is 0 Å². The van der Waals surface area contributed by atoms with E-state index >= 15 is 0 Å². The molecule has 0 nitrogen and oxygen atoms in total. The van der Waals surface area contributed by atoms with Crippen molar-refractivity contribution < 1.29 is 0 Å². The highest BCUT2D eigenvalue weighted by Crippen LogP contribution is 2.58. The molecule has 10 aromatic carbocycles. The van der Waals surface area contributed by atoms with Gasteiger partial charge in [0.2, 0.25) is 0 Å². The molecule has 0 unspecified atom stereocenters. The molecule has 0 N–H and O–H groups in total. The first-order chi connectivity index (χ1) is 25.1. The summed E-state index contributed by atoms with van der Waals surface area (Å²) in [5, 5.41) is 15.7. The van der Waals surface area contributed by atoms with E-state index in [9.17, 15) is 0 Å². The summed E-state index contributed by atoms with van der Waals surface area (Å²) in [6, 6.07) is 63.4. The van der Waals surface area contributed by atoms with Crippen molar-refractivity contribution in [2.45, 2.75) is 19.3 Å². The van der Waals surface area contributed by atoms with Crippen molar-refractivity contribution in [2.24, 2.45) is 0 Å². The summed E-state index contributed by atoms with van der Waals surface area (Å²) in [6.45, 7) is 4.88. The normalized spacial score (nSPS) is 13.5. The molecule has 0 heteroatoms. The van der Waals surface area contributed by atoms with Gasteiger partial charge >= 0.3 is 0 Å². The van der Waals surface area contributed by atoms with Crippen molar-refractivity contribution in [1.29, 1.82) is 0 Å². The zero-order chi connectivity index (χ0) is 33.8. The van der Waals surface area contributed by atoms with Crippen LogP contribution in [0.1, 0.15) is 25.0 Å². The topological polar surface area (TPSA) is 0 Å². The Balaban J connectivity index is 1.31. The molecule has 0 saturated heterocycles. The highest BCUT2D eigenvalue weighted by molar-refractivity contribution is 6.27. The summed E-state index contributed by atoms with van der Waals surface area (Å²) in [5.74, 6) is 0. The van der Waals surface area contributed by atoms with Crippen LogP contribution in [0.3, 0.4) is 0 Å². The SMILES string of the molecule is CC1(C)c2cc(-c3c4ccccc4c(-c4cccc5ccccc45)c4ccccc34)c3ccccc3c2-c2c1c1ccccc1c1ccccc21. The van der Waals surface area contributed by atoms with Crippen LogP contribution in [0, 0.1) is 0 Å². The molecule has 0 fully saturated rings. The standard InChI is InChI=1S/C51H34/c1-51(2)45-30-44(35-21-6-8-22-37(35)48(45)49-38-23-9-5-19-33(38)34-20-7-14-28-43(34)50(49)51)47-41-26-12-10-24-39(41)46(40-25-11-13-27-42(40)47)36-29-15-17-31-16-3-4-18-32(31)36/h3-30H,1-2H3. The van der Waals surface area contributed by atoms with Crippen LogP contribution in [0.25, 0.3) is 98.0 Å². The number of hydrogen-bond acceptors (Lipinski definition) is 0. The van der Waals surface area contributed by atoms with Crippen LogP contribution in [0.4, 0.5) is 0 Å². The summed E-state index contributed by atoms with van der Waals surface area (Å²) in [4.78, 5) is 0. The van der Waals surface area contributed by atoms with Gasteiger partial charge in [-0.3, -0.25) is 0 Å². The zero-order valence-corrected chi connectivity index (χ0v) is 28.7. The minimum atomic E-state index is -0.207. The van der Waals surface area contributed by atoms with Gasteiger partial charge in [-0.15, -0.1) is 0 Å². The quantitative estimate of drug-likeness (QED) is 0.129. The van der Waals surface area contributed by atoms with Gasteiger partial charge in [0.25, 0.3) is 0 Å². The van der Waals surface area contributed by atoms with Crippen LogP contribution >= 0.6 is 0 Å². The number of rotatable bonds is 2. The molecule has 1 aliphatic carbocycles. The Morgan fingerprint density at radius 1 is 0.294 bits per heavy atom. The van der Waals surface area contributed by atoms with Crippen molar-refractivity contribution in [2.75, 3.05) is 0 Å². The molecular weight excluding hydrogens is 613 g/mol. The summed E-state index contributed by atoms with van der Waals surface area (Å²) < 4.78 is 0. The smallest absolute Gasteiger partial charge is 0.0165 e. The average Bonchev–Trinajstić information content (AvgIpc) is 3.43. The van der Waals surface area contributed by atoms with E-state index < -0.39 is 0 Å². The first-order valence-corrected chi connectivity index (χ1v) is 18.0. The Labute approximate surface area is 297 Å². The Hall–Kier alpha value is -6.24. The lowest BCUT2D eigenvalue weighted by Gasteiger charge is -2.25. The largest absolute Gasteiger partial charge is 0.0616 e. The van der Waals surface area contributed by atoms with Gasteiger partial charge in [-0.25, -0.2) is 0 Å². The molecule has 238 valence electrons. The van der Waals surface area contributed by atoms with Gasteiger partial charge in [-0.2, -0.15) is 0 Å². The van der Waals surface area contributed by atoms with Crippen molar-refractivity contribution in [1.82, 2.24) is 0 Å². The fourth-order valence-corrected chi connectivity index (χ4v) is 9.68. The molecule has 10 aromatic rings. The molecule has 0 saturated carbocycles. The van der Waals surface area contributed by atoms with Gasteiger partial charge in [0.15, 0.2) is 0 Å². The van der Waals surface area contributed by atoms with E-state index in [0.717, 1.165) is 0 Å². The molecule has 51 heavy (non-hydrogen) atoms. The van der Waals surface area contributed by atoms with Gasteiger partial charge in [0.1, 0.15) is 0 Å². The molecule has 0 bridgehead atoms. The van der Waals surface area contributed by atoms with Gasteiger partial charge in [-0.1, -0.05) is 178 Å². The third-order valence-corrected chi connectivity index (χ3v) is 11.8. The monoisotopic (exact) mass is 646 g/mol. The Morgan fingerprint density at radius 3 is 1.27 bits per heavy atom. The molecule has 0 aliphatic heterocycles. The van der Waals surface area contributed by atoms with E-state index in [1.807, 2.05) is 0 Å². The second-order valence-corrected chi connectivity index (χ2v) is 14.7. The van der Waals surface area contributed by atoms with Crippen molar-refractivity contribution in [3.63, 3.8) is 0 Å². The van der Waals surface area contributed by atoms with Crippen LogP contribution in [-0.4, -0.2) is 0 Å². The lowest BCUT2D eigenvalue weighted by Crippen LogP contribution is -2.16. The fourth-order valence-electron chi connectivity index (χ4n) is 9.68. The van der Waals surface area contributed by atoms with E-state index in [0.29, 0.717) is 0 Å². The molecule has 0 heterocycles. The predicted molar refractivity (Wildman–Crippen MR) is 220 cm³/mol. The minimum absolute atomic E-state index is 0.207. The van der Waals surface area contributed by atoms with Crippen molar-refractivity contribution >= 4 is 64.6 Å². The van der Waals surface area contributed by atoms with E-state index in [2.05, 4.69) is 184 Å². The predicted octanol–water partition coefficient (Wildman–Crippen LogP) is 14.2. The van der Waals surface area contributed by atoms with Crippen LogP contribution in [0.15, 0.2) is 170 Å². The van der Waals surface area contributed by atoms with E-state index in [-0.39, 0.29) is 5.41 Å². The third kappa shape index (κ3) is 3.80. The molecule has 0 aromatic heterocycles. The molecule has 0 radical (unpaired) electrons.